The van der Waals surface area contributed by atoms with Crippen LogP contribution in [0.2, 0.25) is 0 Å². The summed E-state index contributed by atoms with van der Waals surface area (Å²) in [7, 11) is -3.53. The summed E-state index contributed by atoms with van der Waals surface area (Å²) in [5, 5.41) is 0. The number of para-hydroxylation sites is 1. The van der Waals surface area contributed by atoms with E-state index in [2.05, 4.69) is 18.6 Å². The lowest BCUT2D eigenvalue weighted by Gasteiger charge is -2.16. The van der Waals surface area contributed by atoms with Gasteiger partial charge >= 0.3 is 0 Å². The molecule has 0 heterocycles. The first-order chi connectivity index (χ1) is 9.54. The smallest absolute Gasteiger partial charge is 0.261 e. The predicted molar refractivity (Wildman–Crippen MR) is 82.4 cm³/mol. The number of anilines is 1. The fourth-order valence-electron chi connectivity index (χ4n) is 2.04. The average Bonchev–Trinajstić information content (AvgIpc) is 2.47. The van der Waals surface area contributed by atoms with Gasteiger partial charge in [0.05, 0.1) is 10.6 Å². The Hall–Kier alpha value is -1.81. The van der Waals surface area contributed by atoms with Crippen LogP contribution >= 0.6 is 0 Å². The van der Waals surface area contributed by atoms with Crippen LogP contribution in [0.4, 0.5) is 5.69 Å². The van der Waals surface area contributed by atoms with Gasteiger partial charge in [0, 0.05) is 0 Å². The monoisotopic (exact) mass is 289 g/mol. The number of hydrogen-bond donors (Lipinski definition) is 1. The Morgan fingerprint density at radius 1 is 1.00 bits per heavy atom. The Labute approximate surface area is 120 Å². The van der Waals surface area contributed by atoms with Crippen molar-refractivity contribution >= 4 is 15.7 Å². The van der Waals surface area contributed by atoms with E-state index in [0.717, 1.165) is 12.0 Å². The van der Waals surface area contributed by atoms with Crippen molar-refractivity contribution in [3.05, 3.63) is 60.2 Å². The minimum absolute atomic E-state index is 0.277. The Morgan fingerprint density at radius 3 is 2.25 bits per heavy atom. The van der Waals surface area contributed by atoms with E-state index in [0.29, 0.717) is 11.6 Å². The quantitative estimate of drug-likeness (QED) is 0.904. The predicted octanol–water partition coefficient (Wildman–Crippen LogP) is 4.00. The lowest BCUT2D eigenvalue weighted by atomic mass is 9.97. The SMILES string of the molecule is CC[C@@H](C)c1ccccc1NS(=O)(=O)c1ccccc1. The standard InChI is InChI=1S/C16H19NO2S/c1-3-13(2)15-11-7-8-12-16(15)17-20(18,19)14-9-5-4-6-10-14/h4-13,17H,3H2,1-2H3/t13-/m1/s1. The summed E-state index contributed by atoms with van der Waals surface area (Å²) in [5.41, 5.74) is 1.68. The Bertz CT molecular complexity index is 666. The summed E-state index contributed by atoms with van der Waals surface area (Å²) < 4.78 is 27.4. The number of nitrogens with one attached hydrogen (secondary N) is 1. The van der Waals surface area contributed by atoms with Crippen LogP contribution < -0.4 is 4.72 Å². The molecule has 106 valence electrons. The zero-order valence-corrected chi connectivity index (χ0v) is 12.5. The van der Waals surface area contributed by atoms with Crippen molar-refractivity contribution < 1.29 is 8.42 Å². The third-order valence-electron chi connectivity index (χ3n) is 3.40. The molecule has 4 heteroatoms. The van der Waals surface area contributed by atoms with Crippen molar-refractivity contribution in [1.82, 2.24) is 0 Å². The van der Waals surface area contributed by atoms with Crippen LogP contribution in [0.3, 0.4) is 0 Å². The average molecular weight is 289 g/mol. The van der Waals surface area contributed by atoms with Gasteiger partial charge in [-0.05, 0) is 36.1 Å². The fourth-order valence-corrected chi connectivity index (χ4v) is 3.15. The first-order valence-corrected chi connectivity index (χ1v) is 8.19. The number of benzene rings is 2. The van der Waals surface area contributed by atoms with Gasteiger partial charge in [-0.15, -0.1) is 0 Å². The van der Waals surface area contributed by atoms with Crippen LogP contribution in [-0.2, 0) is 10.0 Å². The van der Waals surface area contributed by atoms with Crippen molar-refractivity contribution in [2.75, 3.05) is 4.72 Å². The largest absolute Gasteiger partial charge is 0.279 e. The molecule has 0 unspecified atom stereocenters. The lowest BCUT2D eigenvalue weighted by molar-refractivity contribution is 0.601. The molecule has 2 aromatic rings. The van der Waals surface area contributed by atoms with E-state index in [-0.39, 0.29) is 4.90 Å². The second kappa shape index (κ2) is 6.09. The molecule has 2 aromatic carbocycles. The Morgan fingerprint density at radius 2 is 1.60 bits per heavy atom. The van der Waals surface area contributed by atoms with E-state index < -0.39 is 10.0 Å². The second-order valence-corrected chi connectivity index (χ2v) is 6.50. The molecule has 0 saturated heterocycles. The van der Waals surface area contributed by atoms with Gasteiger partial charge in [-0.3, -0.25) is 4.72 Å². The first-order valence-electron chi connectivity index (χ1n) is 6.71. The third-order valence-corrected chi connectivity index (χ3v) is 4.78. The highest BCUT2D eigenvalue weighted by Crippen LogP contribution is 2.28. The minimum Gasteiger partial charge on any atom is -0.279 e. The molecule has 20 heavy (non-hydrogen) atoms. The van der Waals surface area contributed by atoms with Crippen LogP contribution in [0.15, 0.2) is 59.5 Å². The summed E-state index contributed by atoms with van der Waals surface area (Å²) in [6.07, 6.45) is 0.962. The molecule has 0 aromatic heterocycles. The van der Waals surface area contributed by atoms with Crippen molar-refractivity contribution in [3.8, 4) is 0 Å². The van der Waals surface area contributed by atoms with Gasteiger partial charge in [-0.25, -0.2) is 8.42 Å². The van der Waals surface area contributed by atoms with E-state index in [1.165, 1.54) is 0 Å². The summed E-state index contributed by atoms with van der Waals surface area (Å²) in [4.78, 5) is 0.277. The number of sulfonamides is 1. The van der Waals surface area contributed by atoms with Gasteiger partial charge in [-0.1, -0.05) is 50.2 Å². The van der Waals surface area contributed by atoms with Crippen molar-refractivity contribution in [1.29, 1.82) is 0 Å². The summed E-state index contributed by atoms with van der Waals surface area (Å²) >= 11 is 0. The topological polar surface area (TPSA) is 46.2 Å². The molecule has 1 N–H and O–H groups in total. The van der Waals surface area contributed by atoms with Crippen molar-refractivity contribution in [2.45, 2.75) is 31.1 Å². The number of rotatable bonds is 5. The van der Waals surface area contributed by atoms with Crippen molar-refractivity contribution in [3.63, 3.8) is 0 Å². The van der Waals surface area contributed by atoms with Crippen LogP contribution in [0.25, 0.3) is 0 Å². The van der Waals surface area contributed by atoms with E-state index in [1.54, 1.807) is 30.3 Å². The molecule has 0 fully saturated rings. The highest BCUT2D eigenvalue weighted by molar-refractivity contribution is 7.92. The Kier molecular flexibility index (Phi) is 4.45. The summed E-state index contributed by atoms with van der Waals surface area (Å²) in [5.74, 6) is 0.310. The maximum atomic E-state index is 12.4. The molecule has 3 nitrogen and oxygen atoms in total. The summed E-state index contributed by atoms with van der Waals surface area (Å²) in [6.45, 7) is 4.18. The van der Waals surface area contributed by atoms with Gasteiger partial charge in [0.2, 0.25) is 0 Å². The van der Waals surface area contributed by atoms with Gasteiger partial charge in [0.25, 0.3) is 10.0 Å². The van der Waals surface area contributed by atoms with E-state index in [9.17, 15) is 8.42 Å². The van der Waals surface area contributed by atoms with Crippen LogP contribution in [0.5, 0.6) is 0 Å². The maximum Gasteiger partial charge on any atom is 0.261 e. The summed E-state index contributed by atoms with van der Waals surface area (Å²) in [6, 6.07) is 16.0. The number of hydrogen-bond acceptors (Lipinski definition) is 2. The van der Waals surface area contributed by atoms with Gasteiger partial charge < -0.3 is 0 Å². The molecule has 0 bridgehead atoms. The van der Waals surface area contributed by atoms with E-state index in [4.69, 9.17) is 0 Å². The van der Waals surface area contributed by atoms with Crippen molar-refractivity contribution in [2.24, 2.45) is 0 Å². The normalized spacial score (nSPS) is 12.9. The van der Waals surface area contributed by atoms with Gasteiger partial charge in [0.15, 0.2) is 0 Å². The molecule has 0 radical (unpaired) electrons. The molecule has 2 rings (SSSR count). The highest BCUT2D eigenvalue weighted by Gasteiger charge is 2.16. The minimum atomic E-state index is -3.53. The van der Waals surface area contributed by atoms with E-state index in [1.807, 2.05) is 24.3 Å². The van der Waals surface area contributed by atoms with Crippen LogP contribution in [0.1, 0.15) is 31.7 Å². The zero-order chi connectivity index (χ0) is 14.6. The third kappa shape index (κ3) is 3.20. The van der Waals surface area contributed by atoms with E-state index >= 15 is 0 Å². The highest BCUT2D eigenvalue weighted by atomic mass is 32.2. The fraction of sp³-hybridized carbons (Fsp3) is 0.250. The molecule has 0 aliphatic rings. The maximum absolute atomic E-state index is 12.4. The molecular formula is C16H19NO2S. The molecule has 0 aliphatic heterocycles. The molecular weight excluding hydrogens is 270 g/mol. The zero-order valence-electron chi connectivity index (χ0n) is 11.7. The van der Waals surface area contributed by atoms with Crippen LogP contribution in [0, 0.1) is 0 Å². The molecule has 0 amide bonds. The van der Waals surface area contributed by atoms with Gasteiger partial charge in [-0.2, -0.15) is 0 Å². The molecule has 1 atom stereocenters. The van der Waals surface area contributed by atoms with Crippen LogP contribution in [-0.4, -0.2) is 8.42 Å². The molecule has 0 saturated carbocycles. The van der Waals surface area contributed by atoms with Gasteiger partial charge in [0.1, 0.15) is 0 Å². The second-order valence-electron chi connectivity index (χ2n) is 4.82. The Balaban J connectivity index is 2.36. The molecule has 0 spiro atoms. The first kappa shape index (κ1) is 14.6. The molecule has 0 aliphatic carbocycles. The lowest BCUT2D eigenvalue weighted by Crippen LogP contribution is -2.14.